The highest BCUT2D eigenvalue weighted by Crippen LogP contribution is 2.30. The number of nitro benzene ring substituents is 1. The number of halogens is 1. The van der Waals surface area contributed by atoms with Crippen molar-refractivity contribution in [3.05, 3.63) is 33.3 Å². The van der Waals surface area contributed by atoms with Crippen LogP contribution in [0.3, 0.4) is 0 Å². The van der Waals surface area contributed by atoms with Gasteiger partial charge in [-0.25, -0.2) is 0 Å². The molecule has 1 aromatic carbocycles. The molecular formula is C11H14ClN3O2. The number of anilines is 1. The Bertz CT molecular complexity index is 439. The average Bonchev–Trinajstić information content (AvgIpc) is 2.28. The van der Waals surface area contributed by atoms with E-state index in [1.54, 1.807) is 6.07 Å². The quantitative estimate of drug-likeness (QED) is 0.649. The summed E-state index contributed by atoms with van der Waals surface area (Å²) < 4.78 is 0. The molecule has 1 atom stereocenters. The van der Waals surface area contributed by atoms with Crippen molar-refractivity contribution in [2.24, 2.45) is 0 Å². The zero-order valence-electron chi connectivity index (χ0n) is 9.52. The van der Waals surface area contributed by atoms with Gasteiger partial charge in [0.05, 0.1) is 15.6 Å². The van der Waals surface area contributed by atoms with Crippen LogP contribution in [0.1, 0.15) is 6.92 Å². The first kappa shape index (κ1) is 12.1. The molecule has 6 heteroatoms. The van der Waals surface area contributed by atoms with Crippen LogP contribution in [0, 0.1) is 10.1 Å². The Morgan fingerprint density at radius 1 is 1.59 bits per heavy atom. The van der Waals surface area contributed by atoms with E-state index >= 15 is 0 Å². The van der Waals surface area contributed by atoms with E-state index in [2.05, 4.69) is 17.1 Å². The van der Waals surface area contributed by atoms with Crippen molar-refractivity contribution >= 4 is 23.0 Å². The van der Waals surface area contributed by atoms with E-state index in [0.29, 0.717) is 11.1 Å². The molecule has 2 rings (SSSR count). The van der Waals surface area contributed by atoms with Crippen LogP contribution in [-0.2, 0) is 0 Å². The van der Waals surface area contributed by atoms with Crippen LogP contribution >= 0.6 is 11.6 Å². The number of benzene rings is 1. The van der Waals surface area contributed by atoms with Crippen LogP contribution in [-0.4, -0.2) is 30.6 Å². The highest BCUT2D eigenvalue weighted by atomic mass is 35.5. The van der Waals surface area contributed by atoms with Crippen molar-refractivity contribution < 1.29 is 4.92 Å². The molecule has 0 aliphatic carbocycles. The molecule has 92 valence electrons. The molecule has 0 unspecified atom stereocenters. The summed E-state index contributed by atoms with van der Waals surface area (Å²) in [5, 5.41) is 14.4. The molecule has 0 radical (unpaired) electrons. The predicted molar refractivity (Wildman–Crippen MR) is 67.8 cm³/mol. The molecule has 1 fully saturated rings. The standard InChI is InChI=1S/C11H14ClN3O2/c1-8-7-14(5-4-13-8)11-3-2-9(15(16)17)6-10(11)12/h2-3,6,8,13H,4-5,7H2,1H3/t8-/m0/s1. The van der Waals surface area contributed by atoms with Gasteiger partial charge in [-0.05, 0) is 13.0 Å². The van der Waals surface area contributed by atoms with Crippen molar-refractivity contribution in [3.63, 3.8) is 0 Å². The number of hydrogen-bond donors (Lipinski definition) is 1. The van der Waals surface area contributed by atoms with E-state index in [4.69, 9.17) is 11.6 Å². The van der Waals surface area contributed by atoms with Gasteiger partial charge in [-0.1, -0.05) is 11.6 Å². The number of non-ortho nitro benzene ring substituents is 1. The van der Waals surface area contributed by atoms with E-state index in [0.717, 1.165) is 25.3 Å². The molecule has 1 saturated heterocycles. The number of nitrogens with zero attached hydrogens (tertiary/aromatic N) is 2. The highest BCUT2D eigenvalue weighted by Gasteiger charge is 2.19. The second-order valence-corrected chi connectivity index (χ2v) is 4.60. The van der Waals surface area contributed by atoms with Crippen LogP contribution in [0.2, 0.25) is 5.02 Å². The molecule has 1 aliphatic rings. The summed E-state index contributed by atoms with van der Waals surface area (Å²) in [6, 6.07) is 5.02. The maximum atomic E-state index is 10.6. The van der Waals surface area contributed by atoms with Crippen LogP contribution in [0.5, 0.6) is 0 Å². The number of hydrogen-bond acceptors (Lipinski definition) is 4. The van der Waals surface area contributed by atoms with Gasteiger partial charge >= 0.3 is 0 Å². The Labute approximate surface area is 105 Å². The number of nitrogens with one attached hydrogen (secondary N) is 1. The van der Waals surface area contributed by atoms with Gasteiger partial charge in [-0.2, -0.15) is 0 Å². The monoisotopic (exact) mass is 255 g/mol. The van der Waals surface area contributed by atoms with Crippen LogP contribution in [0.25, 0.3) is 0 Å². The van der Waals surface area contributed by atoms with Crippen LogP contribution in [0.4, 0.5) is 11.4 Å². The molecule has 1 N–H and O–H groups in total. The Balaban J connectivity index is 2.23. The molecule has 0 spiro atoms. The summed E-state index contributed by atoms with van der Waals surface area (Å²) in [5.74, 6) is 0. The molecule has 1 aliphatic heterocycles. The van der Waals surface area contributed by atoms with Gasteiger partial charge in [0.1, 0.15) is 0 Å². The van der Waals surface area contributed by atoms with Gasteiger partial charge in [0.25, 0.3) is 5.69 Å². The third-order valence-corrected chi connectivity index (χ3v) is 3.15. The molecule has 0 bridgehead atoms. The molecule has 5 nitrogen and oxygen atoms in total. The summed E-state index contributed by atoms with van der Waals surface area (Å²) in [4.78, 5) is 12.3. The fraction of sp³-hybridized carbons (Fsp3) is 0.455. The zero-order chi connectivity index (χ0) is 12.4. The van der Waals surface area contributed by atoms with Gasteiger partial charge in [0.2, 0.25) is 0 Å². The summed E-state index contributed by atoms with van der Waals surface area (Å²) in [6.45, 7) is 4.72. The van der Waals surface area contributed by atoms with Crippen molar-refractivity contribution in [2.45, 2.75) is 13.0 Å². The number of rotatable bonds is 2. The lowest BCUT2D eigenvalue weighted by Crippen LogP contribution is -2.49. The van der Waals surface area contributed by atoms with Crippen LogP contribution < -0.4 is 10.2 Å². The Morgan fingerprint density at radius 2 is 2.35 bits per heavy atom. The summed E-state index contributed by atoms with van der Waals surface area (Å²) in [6.07, 6.45) is 0. The molecule has 1 aromatic rings. The smallest absolute Gasteiger partial charge is 0.271 e. The first-order valence-corrected chi connectivity index (χ1v) is 5.88. The minimum absolute atomic E-state index is 0.0296. The number of nitro groups is 1. The van der Waals surface area contributed by atoms with E-state index in [-0.39, 0.29) is 5.69 Å². The third-order valence-electron chi connectivity index (χ3n) is 2.85. The first-order valence-electron chi connectivity index (χ1n) is 5.50. The first-order chi connectivity index (χ1) is 8.08. The van der Waals surface area contributed by atoms with Crippen molar-refractivity contribution in [3.8, 4) is 0 Å². The predicted octanol–water partition coefficient (Wildman–Crippen LogP) is 2.05. The third kappa shape index (κ3) is 2.68. The van der Waals surface area contributed by atoms with Crippen molar-refractivity contribution in [2.75, 3.05) is 24.5 Å². The van der Waals surface area contributed by atoms with Gasteiger partial charge in [0.15, 0.2) is 0 Å². The Kier molecular flexibility index (Phi) is 3.49. The zero-order valence-corrected chi connectivity index (χ0v) is 10.3. The summed E-state index contributed by atoms with van der Waals surface area (Å²) in [5.41, 5.74) is 0.896. The van der Waals surface area contributed by atoms with Crippen molar-refractivity contribution in [1.82, 2.24) is 5.32 Å². The molecule has 0 amide bonds. The maximum Gasteiger partial charge on any atom is 0.271 e. The average molecular weight is 256 g/mol. The molecule has 0 saturated carbocycles. The molecule has 17 heavy (non-hydrogen) atoms. The van der Waals surface area contributed by atoms with E-state index in [1.165, 1.54) is 12.1 Å². The molecule has 1 heterocycles. The van der Waals surface area contributed by atoms with E-state index < -0.39 is 4.92 Å². The minimum atomic E-state index is -0.434. The van der Waals surface area contributed by atoms with Gasteiger partial charge in [-0.15, -0.1) is 0 Å². The van der Waals surface area contributed by atoms with Gasteiger partial charge in [-0.3, -0.25) is 10.1 Å². The molecule has 0 aromatic heterocycles. The second kappa shape index (κ2) is 4.89. The van der Waals surface area contributed by atoms with Crippen LogP contribution in [0.15, 0.2) is 18.2 Å². The Morgan fingerprint density at radius 3 is 2.94 bits per heavy atom. The minimum Gasteiger partial charge on any atom is -0.367 e. The largest absolute Gasteiger partial charge is 0.367 e. The maximum absolute atomic E-state index is 10.6. The van der Waals surface area contributed by atoms with E-state index in [9.17, 15) is 10.1 Å². The topological polar surface area (TPSA) is 58.4 Å². The SMILES string of the molecule is C[C@H]1CN(c2ccc([N+](=O)[O-])cc2Cl)CCN1. The highest BCUT2D eigenvalue weighted by molar-refractivity contribution is 6.33. The fourth-order valence-corrected chi connectivity index (χ4v) is 2.31. The fourth-order valence-electron chi connectivity index (χ4n) is 2.02. The number of piperazine rings is 1. The molecular weight excluding hydrogens is 242 g/mol. The van der Waals surface area contributed by atoms with Crippen molar-refractivity contribution in [1.29, 1.82) is 0 Å². The summed E-state index contributed by atoms with van der Waals surface area (Å²) >= 11 is 6.09. The Hall–Kier alpha value is -1.33. The lowest BCUT2D eigenvalue weighted by Gasteiger charge is -2.34. The lowest BCUT2D eigenvalue weighted by atomic mass is 10.2. The van der Waals surface area contributed by atoms with Gasteiger partial charge < -0.3 is 10.2 Å². The summed E-state index contributed by atoms with van der Waals surface area (Å²) in [7, 11) is 0. The van der Waals surface area contributed by atoms with E-state index in [1.807, 2.05) is 0 Å². The lowest BCUT2D eigenvalue weighted by molar-refractivity contribution is -0.384. The normalized spacial score (nSPS) is 20.4. The second-order valence-electron chi connectivity index (χ2n) is 4.19. The van der Waals surface area contributed by atoms with Gasteiger partial charge in [0, 0.05) is 37.8 Å².